The van der Waals surface area contributed by atoms with Crippen LogP contribution in [0.2, 0.25) is 17.7 Å². The van der Waals surface area contributed by atoms with Gasteiger partial charge < -0.3 is 0 Å². The third kappa shape index (κ3) is 12.5. The van der Waals surface area contributed by atoms with Gasteiger partial charge in [-0.1, -0.05) is 0 Å². The number of benzene rings is 2. The maximum atomic E-state index is 8.08. The van der Waals surface area contributed by atoms with Gasteiger partial charge in [0.1, 0.15) is 0 Å². The monoisotopic (exact) mass is 838 g/mol. The number of unbranched alkanes of at least 4 members (excludes halogenated alkanes) is 6. The second kappa shape index (κ2) is 21.5. The first kappa shape index (κ1) is 40.8. The van der Waals surface area contributed by atoms with E-state index in [1.165, 1.54) is 110 Å². The fourth-order valence-electron chi connectivity index (χ4n) is 6.44. The molecule has 0 bridgehead atoms. The first-order valence-corrected chi connectivity index (χ1v) is 31.6. The van der Waals surface area contributed by atoms with Gasteiger partial charge in [0.05, 0.1) is 0 Å². The molecule has 2 rings (SSSR count). The van der Waals surface area contributed by atoms with Crippen LogP contribution in [0.5, 0.6) is 11.5 Å². The number of hydrogen-bond donors (Lipinski definition) is 0. The molecule has 0 spiro atoms. The van der Waals surface area contributed by atoms with Crippen LogP contribution in [0, 0.1) is 27.7 Å². The maximum absolute atomic E-state index is 8.08. The molecule has 0 N–H and O–H groups in total. The van der Waals surface area contributed by atoms with Crippen LogP contribution in [0.1, 0.15) is 152 Å². The second-order valence-corrected chi connectivity index (χ2v) is 35.5. The molecule has 2 aromatic carbocycles. The van der Waals surface area contributed by atoms with Gasteiger partial charge in [-0.2, -0.15) is 0 Å². The van der Waals surface area contributed by atoms with E-state index in [4.69, 9.17) is 7.56 Å². The van der Waals surface area contributed by atoms with Gasteiger partial charge in [-0.05, 0) is 0 Å². The molecule has 256 valence electrons. The molecule has 0 aliphatic carbocycles. The van der Waals surface area contributed by atoms with Gasteiger partial charge in [-0.25, -0.2) is 0 Å². The van der Waals surface area contributed by atoms with Crippen molar-refractivity contribution in [3.05, 3.63) is 57.6 Å². The fourth-order valence-corrected chi connectivity index (χ4v) is 48.3. The van der Waals surface area contributed by atoms with E-state index in [-0.39, 0.29) is 0 Å². The quantitative estimate of drug-likeness (QED) is 0.0986. The van der Waals surface area contributed by atoms with Crippen molar-refractivity contribution in [2.24, 2.45) is 0 Å². The van der Waals surface area contributed by atoms with Gasteiger partial charge in [-0.3, -0.25) is 0 Å². The van der Waals surface area contributed by atoms with E-state index >= 15 is 0 Å². The van der Waals surface area contributed by atoms with Crippen LogP contribution in [0.25, 0.3) is 0 Å². The van der Waals surface area contributed by atoms with Crippen LogP contribution < -0.4 is 6.15 Å². The van der Waals surface area contributed by atoms with E-state index in [2.05, 4.69) is 93.5 Å². The molecular formula is C40H70O3Sn2. The van der Waals surface area contributed by atoms with E-state index in [1.54, 1.807) is 0 Å². The molecule has 2 aromatic rings. The van der Waals surface area contributed by atoms with Gasteiger partial charge in [-0.15, -0.1) is 0 Å². The standard InChI is InChI=1S/2C12H18O.4C4H9.O.2Sn/c2*1-4-5-6-11-10(3)9(2)7-8-12(11)13;4*1-3-4-2;;;/h2*7-8,13H,4-6H2,1-3H3;4*1,3-4H2,2H3;;;/q;;;;;;;2*+1/p-2. The van der Waals surface area contributed by atoms with Crippen LogP contribution in [-0.2, 0) is 14.3 Å². The zero-order chi connectivity index (χ0) is 33.3. The van der Waals surface area contributed by atoms with Crippen molar-refractivity contribution in [3.8, 4) is 11.5 Å². The van der Waals surface area contributed by atoms with Crippen molar-refractivity contribution < 1.29 is 7.56 Å². The second-order valence-electron chi connectivity index (χ2n) is 13.7. The molecule has 0 aliphatic rings. The molecule has 3 nitrogen and oxygen atoms in total. The molecule has 0 aromatic heterocycles. The molecule has 0 saturated heterocycles. The minimum atomic E-state index is -3.71. The third-order valence-electron chi connectivity index (χ3n) is 9.82. The van der Waals surface area contributed by atoms with Gasteiger partial charge in [0, 0.05) is 0 Å². The first-order chi connectivity index (χ1) is 21.6. The SMILES string of the molecule is CCCCc1c([O][Sn]([CH2]CCC)([CH2]CCC)[O][Sn]([CH2]CCC)([CH2]CCC)[O]c2ccc(C)c(C)c2CCCC)ccc(C)c1C. The van der Waals surface area contributed by atoms with Crippen molar-refractivity contribution >= 4 is 38.4 Å². The summed E-state index contributed by atoms with van der Waals surface area (Å²) in [5.41, 5.74) is 8.41. The molecule has 0 aliphatic heterocycles. The van der Waals surface area contributed by atoms with E-state index < -0.39 is 38.4 Å². The van der Waals surface area contributed by atoms with Gasteiger partial charge in [0.25, 0.3) is 0 Å². The molecule has 0 unspecified atom stereocenters. The van der Waals surface area contributed by atoms with Gasteiger partial charge in [0.2, 0.25) is 0 Å². The zero-order valence-corrected chi connectivity index (χ0v) is 37.0. The van der Waals surface area contributed by atoms with E-state index in [0.717, 1.165) is 42.1 Å². The Balaban J connectivity index is 2.77. The normalized spacial score (nSPS) is 12.1. The Bertz CT molecular complexity index is 1030. The van der Waals surface area contributed by atoms with E-state index in [9.17, 15) is 0 Å². The molecule has 5 heteroatoms. The van der Waals surface area contributed by atoms with Crippen molar-refractivity contribution in [2.75, 3.05) is 0 Å². The summed E-state index contributed by atoms with van der Waals surface area (Å²) in [6, 6.07) is 9.16. The predicted octanol–water partition coefficient (Wildman–Crippen LogP) is 13.2. The number of aryl methyl sites for hydroxylation is 2. The molecular weight excluding hydrogens is 766 g/mol. The fraction of sp³-hybridized carbons (Fsp3) is 0.700. The van der Waals surface area contributed by atoms with Gasteiger partial charge in [0.15, 0.2) is 0 Å². The minimum absolute atomic E-state index is 1.09. The predicted molar refractivity (Wildman–Crippen MR) is 202 cm³/mol. The summed E-state index contributed by atoms with van der Waals surface area (Å²) in [6.45, 7) is 23.0. The van der Waals surface area contributed by atoms with Crippen LogP contribution >= 0.6 is 0 Å². The third-order valence-corrected chi connectivity index (χ3v) is 42.3. The Morgan fingerprint density at radius 1 is 0.444 bits per heavy atom. The Labute approximate surface area is 289 Å². The Morgan fingerprint density at radius 3 is 1.04 bits per heavy atom. The summed E-state index contributed by atoms with van der Waals surface area (Å²) in [7, 11) is 0. The Kier molecular flexibility index (Phi) is 19.5. The number of hydrogen-bond acceptors (Lipinski definition) is 3. The van der Waals surface area contributed by atoms with Crippen LogP contribution in [0.4, 0.5) is 0 Å². The van der Waals surface area contributed by atoms with Crippen molar-refractivity contribution in [2.45, 2.75) is 177 Å². The van der Waals surface area contributed by atoms with E-state index in [1.807, 2.05) is 0 Å². The molecule has 0 fully saturated rings. The molecule has 0 atom stereocenters. The summed E-state index contributed by atoms with van der Waals surface area (Å²) in [6.07, 6.45) is 16.4. The Hall–Kier alpha value is -0.403. The van der Waals surface area contributed by atoms with Gasteiger partial charge >= 0.3 is 292 Å². The average molecular weight is 836 g/mol. The van der Waals surface area contributed by atoms with E-state index in [0.29, 0.717) is 0 Å². The van der Waals surface area contributed by atoms with Crippen LogP contribution in [0.15, 0.2) is 24.3 Å². The molecule has 0 radical (unpaired) electrons. The topological polar surface area (TPSA) is 27.7 Å². The summed E-state index contributed by atoms with van der Waals surface area (Å²) in [4.78, 5) is 0. The molecule has 0 saturated carbocycles. The Morgan fingerprint density at radius 2 is 0.756 bits per heavy atom. The van der Waals surface area contributed by atoms with Crippen molar-refractivity contribution in [1.29, 1.82) is 0 Å². The average Bonchev–Trinajstić information content (AvgIpc) is 3.04. The van der Waals surface area contributed by atoms with Crippen LogP contribution in [0.3, 0.4) is 0 Å². The van der Waals surface area contributed by atoms with Crippen LogP contribution in [-0.4, -0.2) is 38.4 Å². The summed E-state index contributed by atoms with van der Waals surface area (Å²) in [5.74, 6) is 2.27. The van der Waals surface area contributed by atoms with Crippen molar-refractivity contribution in [3.63, 3.8) is 0 Å². The molecule has 0 heterocycles. The number of rotatable bonds is 24. The summed E-state index contributed by atoms with van der Waals surface area (Å²) < 4.78 is 27.8. The molecule has 0 amide bonds. The van der Waals surface area contributed by atoms with Crippen molar-refractivity contribution in [1.82, 2.24) is 0 Å². The zero-order valence-electron chi connectivity index (χ0n) is 31.3. The first-order valence-electron chi connectivity index (χ1n) is 18.9. The molecule has 45 heavy (non-hydrogen) atoms. The summed E-state index contributed by atoms with van der Waals surface area (Å²) in [5, 5.41) is 0. The summed E-state index contributed by atoms with van der Waals surface area (Å²) >= 11 is -7.42.